The minimum Gasteiger partial charge on any atom is -0.482 e. The second-order valence-electron chi connectivity index (χ2n) is 4.68. The fourth-order valence-electron chi connectivity index (χ4n) is 2.48. The van der Waals surface area contributed by atoms with Crippen LogP contribution >= 0.6 is 11.8 Å². The van der Waals surface area contributed by atoms with Crippen LogP contribution in [0.25, 0.3) is 0 Å². The third-order valence-electron chi connectivity index (χ3n) is 3.54. The molecule has 0 aliphatic carbocycles. The van der Waals surface area contributed by atoms with Gasteiger partial charge < -0.3 is 14.4 Å². The topological polar surface area (TPSA) is 21.7 Å². The molecule has 0 fully saturated rings. The van der Waals surface area contributed by atoms with E-state index in [-0.39, 0.29) is 0 Å². The summed E-state index contributed by atoms with van der Waals surface area (Å²) in [5.74, 6) is 1.62. The lowest BCUT2D eigenvalue weighted by Gasteiger charge is -2.39. The largest absolute Gasteiger partial charge is 0.482 e. The van der Waals surface area contributed by atoms with Crippen molar-refractivity contribution in [3.63, 3.8) is 0 Å². The van der Waals surface area contributed by atoms with E-state index in [9.17, 15) is 0 Å². The van der Waals surface area contributed by atoms with E-state index >= 15 is 0 Å². The molecule has 1 spiro atoms. The predicted octanol–water partition coefficient (Wildman–Crippen LogP) is 3.35. The maximum atomic E-state index is 6.24. The van der Waals surface area contributed by atoms with Gasteiger partial charge in [-0.1, -0.05) is 36.0 Å². The first-order valence-electron chi connectivity index (χ1n) is 6.21. The first-order valence-corrected chi connectivity index (χ1v) is 7.03. The van der Waals surface area contributed by atoms with Gasteiger partial charge in [-0.3, -0.25) is 0 Å². The zero-order valence-electron chi connectivity index (χ0n) is 10.5. The van der Waals surface area contributed by atoms with Crippen molar-refractivity contribution in [2.75, 3.05) is 18.6 Å². The first kappa shape index (κ1) is 11.1. The Kier molecular flexibility index (Phi) is 2.23. The molecule has 0 unspecified atom stereocenters. The van der Waals surface area contributed by atoms with E-state index in [1.165, 1.54) is 10.6 Å². The number of anilines is 1. The molecule has 0 saturated carbocycles. The lowest BCUT2D eigenvalue weighted by Crippen LogP contribution is -2.52. The molecule has 0 saturated heterocycles. The van der Waals surface area contributed by atoms with Crippen molar-refractivity contribution in [2.24, 2.45) is 0 Å². The maximum absolute atomic E-state index is 6.24. The van der Waals surface area contributed by atoms with E-state index in [0.29, 0.717) is 6.61 Å². The molecular weight excluding hydrogens is 258 g/mol. The molecule has 4 heteroatoms. The Morgan fingerprint density at radius 3 is 2.63 bits per heavy atom. The van der Waals surface area contributed by atoms with Gasteiger partial charge >= 0.3 is 0 Å². The Balaban J connectivity index is 1.75. The van der Waals surface area contributed by atoms with Crippen molar-refractivity contribution >= 4 is 17.4 Å². The monoisotopic (exact) mass is 271 g/mol. The number of hydrogen-bond acceptors (Lipinski definition) is 4. The van der Waals surface area contributed by atoms with Gasteiger partial charge in [-0.15, -0.1) is 0 Å². The highest BCUT2D eigenvalue weighted by Crippen LogP contribution is 2.52. The molecule has 0 amide bonds. The fourth-order valence-corrected chi connectivity index (χ4v) is 3.77. The Hall–Kier alpha value is -1.81. The van der Waals surface area contributed by atoms with Crippen LogP contribution in [0.3, 0.4) is 0 Å². The molecule has 0 aromatic heterocycles. The fraction of sp³-hybridized carbons (Fsp3) is 0.200. The minimum atomic E-state index is -0.488. The van der Waals surface area contributed by atoms with E-state index in [1.54, 1.807) is 11.8 Å². The van der Waals surface area contributed by atoms with Crippen LogP contribution in [0.1, 0.15) is 0 Å². The van der Waals surface area contributed by atoms with Crippen LogP contribution < -0.4 is 14.4 Å². The molecule has 96 valence electrons. The number of thioether (sulfide) groups is 1. The van der Waals surface area contributed by atoms with Crippen LogP contribution in [0.5, 0.6) is 11.5 Å². The van der Waals surface area contributed by atoms with Crippen LogP contribution in [0.2, 0.25) is 0 Å². The van der Waals surface area contributed by atoms with Crippen LogP contribution in [-0.2, 0) is 0 Å². The van der Waals surface area contributed by atoms with E-state index in [2.05, 4.69) is 30.1 Å². The Labute approximate surface area is 116 Å². The van der Waals surface area contributed by atoms with Crippen molar-refractivity contribution in [3.8, 4) is 11.5 Å². The third-order valence-corrected chi connectivity index (χ3v) is 4.89. The number of rotatable bonds is 0. The summed E-state index contributed by atoms with van der Waals surface area (Å²) in [7, 11) is 2.05. The molecule has 0 bridgehead atoms. The van der Waals surface area contributed by atoms with Crippen molar-refractivity contribution in [3.05, 3.63) is 48.5 Å². The lowest BCUT2D eigenvalue weighted by molar-refractivity contribution is 0.0669. The first-order chi connectivity index (χ1) is 9.28. The van der Waals surface area contributed by atoms with Gasteiger partial charge in [0.25, 0.3) is 5.06 Å². The number of hydrogen-bond donors (Lipinski definition) is 0. The van der Waals surface area contributed by atoms with Crippen molar-refractivity contribution in [1.82, 2.24) is 0 Å². The summed E-state index contributed by atoms with van der Waals surface area (Å²) < 4.78 is 12.1. The van der Waals surface area contributed by atoms with E-state index in [4.69, 9.17) is 9.47 Å². The van der Waals surface area contributed by atoms with Gasteiger partial charge in [0.15, 0.2) is 18.1 Å². The summed E-state index contributed by atoms with van der Waals surface area (Å²) in [4.78, 5) is 3.39. The number of nitrogens with zero attached hydrogens (tertiary/aromatic N) is 1. The average molecular weight is 271 g/mol. The summed E-state index contributed by atoms with van der Waals surface area (Å²) >= 11 is 1.71. The summed E-state index contributed by atoms with van der Waals surface area (Å²) in [5.41, 5.74) is 1.19. The Morgan fingerprint density at radius 2 is 1.79 bits per heavy atom. The SMILES string of the molecule is CN1c2ccccc2S[C@@]12COc1ccccc1O2. The maximum Gasteiger partial charge on any atom is 0.270 e. The van der Waals surface area contributed by atoms with Gasteiger partial charge in [0.1, 0.15) is 0 Å². The summed E-state index contributed by atoms with van der Waals surface area (Å²) in [5, 5.41) is -0.488. The predicted molar refractivity (Wildman–Crippen MR) is 76.0 cm³/mol. The minimum absolute atomic E-state index is 0.488. The standard InChI is InChI=1S/C15H13NO2S/c1-16-11-6-2-5-9-14(11)19-15(16)10-17-12-7-3-4-8-13(12)18-15/h2-9H,10H2,1H3/t15-/m0/s1. The molecule has 1 atom stereocenters. The quantitative estimate of drug-likeness (QED) is 0.732. The number of likely N-dealkylation sites (N-methyl/N-ethyl adjacent to an activating group) is 1. The zero-order valence-corrected chi connectivity index (χ0v) is 11.3. The summed E-state index contributed by atoms with van der Waals surface area (Å²) in [6.07, 6.45) is 0. The summed E-state index contributed by atoms with van der Waals surface area (Å²) in [6, 6.07) is 16.1. The molecule has 0 radical (unpaired) electrons. The van der Waals surface area contributed by atoms with Gasteiger partial charge in [0.2, 0.25) is 0 Å². The molecule has 3 nitrogen and oxygen atoms in total. The smallest absolute Gasteiger partial charge is 0.270 e. The molecule has 2 aromatic rings. The van der Waals surface area contributed by atoms with Crippen LogP contribution in [0, 0.1) is 0 Å². The molecule has 2 aliphatic rings. The average Bonchev–Trinajstić information content (AvgIpc) is 2.72. The van der Waals surface area contributed by atoms with Crippen molar-refractivity contribution in [2.45, 2.75) is 9.95 Å². The van der Waals surface area contributed by atoms with E-state index in [0.717, 1.165) is 11.5 Å². The van der Waals surface area contributed by atoms with Gasteiger partial charge in [-0.25, -0.2) is 0 Å². The van der Waals surface area contributed by atoms with Gasteiger partial charge in [-0.05, 0) is 24.3 Å². The number of benzene rings is 2. The molecular formula is C15H13NO2S. The molecule has 2 aromatic carbocycles. The van der Waals surface area contributed by atoms with Crippen molar-refractivity contribution in [1.29, 1.82) is 0 Å². The lowest BCUT2D eigenvalue weighted by atomic mass is 10.2. The zero-order chi connectivity index (χ0) is 12.9. The molecule has 19 heavy (non-hydrogen) atoms. The van der Waals surface area contributed by atoms with Crippen molar-refractivity contribution < 1.29 is 9.47 Å². The second-order valence-corrected chi connectivity index (χ2v) is 5.96. The van der Waals surface area contributed by atoms with Gasteiger partial charge in [0, 0.05) is 11.9 Å². The molecule has 2 heterocycles. The van der Waals surface area contributed by atoms with Crippen LogP contribution in [0.15, 0.2) is 53.4 Å². The van der Waals surface area contributed by atoms with Crippen LogP contribution in [-0.4, -0.2) is 18.7 Å². The number of fused-ring (bicyclic) bond motifs is 2. The molecule has 4 rings (SSSR count). The highest BCUT2D eigenvalue weighted by atomic mass is 32.2. The molecule has 2 aliphatic heterocycles. The van der Waals surface area contributed by atoms with E-state index < -0.39 is 5.06 Å². The summed E-state index contributed by atoms with van der Waals surface area (Å²) in [6.45, 7) is 0.514. The third kappa shape index (κ3) is 1.53. The second kappa shape index (κ2) is 3.84. The molecule has 0 N–H and O–H groups in total. The number of para-hydroxylation sites is 3. The van der Waals surface area contributed by atoms with Gasteiger partial charge in [-0.2, -0.15) is 0 Å². The normalized spacial score (nSPS) is 23.5. The number of ether oxygens (including phenoxy) is 2. The Morgan fingerprint density at radius 1 is 1.05 bits per heavy atom. The Bertz CT molecular complexity index is 646. The van der Waals surface area contributed by atoms with Gasteiger partial charge in [0.05, 0.1) is 5.69 Å². The highest BCUT2D eigenvalue weighted by Gasteiger charge is 2.48. The highest BCUT2D eigenvalue weighted by molar-refractivity contribution is 8.01. The van der Waals surface area contributed by atoms with E-state index in [1.807, 2.05) is 30.3 Å². The van der Waals surface area contributed by atoms with Crippen LogP contribution in [0.4, 0.5) is 5.69 Å².